The molecule has 0 amide bonds. The van der Waals surface area contributed by atoms with Gasteiger partial charge in [0.15, 0.2) is 5.75 Å². The average Bonchev–Trinajstić information content (AvgIpc) is 2.41. The fourth-order valence-electron chi connectivity index (χ4n) is 1.85. The van der Waals surface area contributed by atoms with Crippen LogP contribution in [0.25, 0.3) is 0 Å². The summed E-state index contributed by atoms with van der Waals surface area (Å²) in [4.78, 5) is 0. The van der Waals surface area contributed by atoms with Crippen molar-refractivity contribution in [2.45, 2.75) is 26.2 Å². The number of nitrogens with two attached hydrogens (primary N) is 1. The van der Waals surface area contributed by atoms with Crippen molar-refractivity contribution in [3.8, 4) is 17.6 Å². The van der Waals surface area contributed by atoms with E-state index in [2.05, 4.69) is 32.9 Å². The molecule has 0 bridgehead atoms. The molecular formula is C17H18N2O. The van der Waals surface area contributed by atoms with Gasteiger partial charge >= 0.3 is 0 Å². The molecule has 0 atom stereocenters. The number of rotatable bonds is 2. The lowest BCUT2D eigenvalue weighted by Crippen LogP contribution is -2.10. The van der Waals surface area contributed by atoms with Crippen molar-refractivity contribution in [3.05, 3.63) is 53.6 Å². The van der Waals surface area contributed by atoms with Gasteiger partial charge in [0.2, 0.25) is 0 Å². The number of ether oxygens (including phenoxy) is 1. The van der Waals surface area contributed by atoms with Gasteiger partial charge < -0.3 is 10.5 Å². The van der Waals surface area contributed by atoms with E-state index in [1.165, 1.54) is 5.56 Å². The highest BCUT2D eigenvalue weighted by molar-refractivity contribution is 5.57. The molecule has 102 valence electrons. The number of hydrogen-bond donors (Lipinski definition) is 1. The van der Waals surface area contributed by atoms with Gasteiger partial charge in [-0.1, -0.05) is 32.9 Å². The first-order valence-corrected chi connectivity index (χ1v) is 6.48. The number of benzene rings is 2. The molecule has 0 saturated carbocycles. The van der Waals surface area contributed by atoms with Crippen molar-refractivity contribution in [3.63, 3.8) is 0 Å². The largest absolute Gasteiger partial charge is 0.455 e. The molecule has 0 saturated heterocycles. The maximum Gasteiger partial charge on any atom is 0.151 e. The number of hydrogen-bond acceptors (Lipinski definition) is 3. The average molecular weight is 266 g/mol. The van der Waals surface area contributed by atoms with Gasteiger partial charge in [0.25, 0.3) is 0 Å². The first kappa shape index (κ1) is 14.0. The molecule has 3 nitrogen and oxygen atoms in total. The Morgan fingerprint density at radius 1 is 1.10 bits per heavy atom. The van der Waals surface area contributed by atoms with Gasteiger partial charge in [0.05, 0.1) is 17.3 Å². The summed E-state index contributed by atoms with van der Waals surface area (Å²) in [6, 6.07) is 15.0. The zero-order valence-corrected chi connectivity index (χ0v) is 12.0. The number of nitrogens with zero attached hydrogens (tertiary/aromatic N) is 1. The molecular weight excluding hydrogens is 248 g/mol. The van der Waals surface area contributed by atoms with E-state index in [1.54, 1.807) is 18.2 Å². The molecule has 0 fully saturated rings. The van der Waals surface area contributed by atoms with E-state index in [0.717, 1.165) is 5.75 Å². The molecule has 0 aliphatic carbocycles. The van der Waals surface area contributed by atoms with Crippen molar-refractivity contribution in [1.29, 1.82) is 5.26 Å². The van der Waals surface area contributed by atoms with Crippen LogP contribution in [0.15, 0.2) is 42.5 Å². The monoisotopic (exact) mass is 266 g/mol. The summed E-state index contributed by atoms with van der Waals surface area (Å²) in [6.07, 6.45) is 0. The Hall–Kier alpha value is -2.47. The molecule has 0 aliphatic rings. The van der Waals surface area contributed by atoms with Crippen LogP contribution in [0.1, 0.15) is 31.9 Å². The lowest BCUT2D eigenvalue weighted by Gasteiger charge is -2.20. The van der Waals surface area contributed by atoms with Crippen LogP contribution in [0, 0.1) is 11.3 Å². The molecule has 2 rings (SSSR count). The first-order chi connectivity index (χ1) is 9.40. The summed E-state index contributed by atoms with van der Waals surface area (Å²) < 4.78 is 5.81. The maximum atomic E-state index is 8.92. The Kier molecular flexibility index (Phi) is 3.67. The molecule has 0 unspecified atom stereocenters. The highest BCUT2D eigenvalue weighted by Crippen LogP contribution is 2.31. The molecule has 0 radical (unpaired) electrons. The molecule has 20 heavy (non-hydrogen) atoms. The van der Waals surface area contributed by atoms with Gasteiger partial charge in [-0.15, -0.1) is 0 Å². The maximum absolute atomic E-state index is 8.92. The number of nitriles is 1. The minimum atomic E-state index is 0.0550. The third kappa shape index (κ3) is 3.10. The molecule has 2 aromatic carbocycles. The predicted molar refractivity (Wildman–Crippen MR) is 80.8 cm³/mol. The Balaban J connectivity index is 2.33. The van der Waals surface area contributed by atoms with Crippen molar-refractivity contribution in [2.24, 2.45) is 0 Å². The molecule has 3 heteroatoms. The lowest BCUT2D eigenvalue weighted by atomic mass is 9.87. The zero-order valence-electron chi connectivity index (χ0n) is 12.0. The van der Waals surface area contributed by atoms with E-state index >= 15 is 0 Å². The van der Waals surface area contributed by atoms with E-state index in [-0.39, 0.29) is 5.41 Å². The summed E-state index contributed by atoms with van der Waals surface area (Å²) in [7, 11) is 0. The summed E-state index contributed by atoms with van der Waals surface area (Å²) in [5.74, 6) is 1.23. The summed E-state index contributed by atoms with van der Waals surface area (Å²) in [6.45, 7) is 6.45. The van der Waals surface area contributed by atoms with Gasteiger partial charge in [-0.25, -0.2) is 0 Å². The Morgan fingerprint density at radius 2 is 1.85 bits per heavy atom. The standard InChI is InChI=1S/C17H18N2O/c1-17(2,3)13-5-4-6-14(10-13)20-16-9-12(11-18)7-8-15(16)19/h4-10H,19H2,1-3H3. The third-order valence-corrected chi connectivity index (χ3v) is 3.07. The van der Waals surface area contributed by atoms with Crippen molar-refractivity contribution < 1.29 is 4.74 Å². The third-order valence-electron chi connectivity index (χ3n) is 3.07. The second-order valence-electron chi connectivity index (χ2n) is 5.74. The smallest absolute Gasteiger partial charge is 0.151 e. The summed E-state index contributed by atoms with van der Waals surface area (Å²) >= 11 is 0. The van der Waals surface area contributed by atoms with Crippen LogP contribution in [0.2, 0.25) is 0 Å². The molecule has 2 N–H and O–H groups in total. The molecule has 0 spiro atoms. The normalized spacial score (nSPS) is 10.9. The van der Waals surface area contributed by atoms with Gasteiger partial charge in [-0.3, -0.25) is 0 Å². The van der Waals surface area contributed by atoms with Gasteiger partial charge in [0.1, 0.15) is 5.75 Å². The van der Waals surface area contributed by atoms with Crippen LogP contribution in [-0.4, -0.2) is 0 Å². The first-order valence-electron chi connectivity index (χ1n) is 6.48. The van der Waals surface area contributed by atoms with Crippen molar-refractivity contribution >= 4 is 5.69 Å². The Morgan fingerprint density at radius 3 is 2.50 bits per heavy atom. The quantitative estimate of drug-likeness (QED) is 0.827. The van der Waals surface area contributed by atoms with Crippen molar-refractivity contribution in [2.75, 3.05) is 5.73 Å². The lowest BCUT2D eigenvalue weighted by molar-refractivity contribution is 0.480. The second kappa shape index (κ2) is 5.26. The summed E-state index contributed by atoms with van der Waals surface area (Å²) in [5.41, 5.74) is 8.17. The predicted octanol–water partition coefficient (Wildman–Crippen LogP) is 4.23. The highest BCUT2D eigenvalue weighted by atomic mass is 16.5. The molecule has 0 aliphatic heterocycles. The van der Waals surface area contributed by atoms with Crippen LogP contribution < -0.4 is 10.5 Å². The van der Waals surface area contributed by atoms with E-state index in [0.29, 0.717) is 17.0 Å². The van der Waals surface area contributed by atoms with Crippen LogP contribution >= 0.6 is 0 Å². The minimum Gasteiger partial charge on any atom is -0.455 e. The SMILES string of the molecule is CC(C)(C)c1cccc(Oc2cc(C#N)ccc2N)c1. The van der Waals surface area contributed by atoms with E-state index in [4.69, 9.17) is 15.7 Å². The van der Waals surface area contributed by atoms with Gasteiger partial charge in [-0.2, -0.15) is 5.26 Å². The molecule has 0 heterocycles. The zero-order chi connectivity index (χ0) is 14.8. The van der Waals surface area contributed by atoms with E-state index in [1.807, 2.05) is 18.2 Å². The molecule has 2 aromatic rings. The number of anilines is 1. The topological polar surface area (TPSA) is 59.0 Å². The van der Waals surface area contributed by atoms with Crippen LogP contribution in [-0.2, 0) is 5.41 Å². The number of nitrogen functional groups attached to an aromatic ring is 1. The van der Waals surface area contributed by atoms with Crippen LogP contribution in [0.3, 0.4) is 0 Å². The second-order valence-corrected chi connectivity index (χ2v) is 5.74. The van der Waals surface area contributed by atoms with Crippen LogP contribution in [0.4, 0.5) is 5.69 Å². The van der Waals surface area contributed by atoms with E-state index in [9.17, 15) is 0 Å². The fraction of sp³-hybridized carbons (Fsp3) is 0.235. The van der Waals surface area contributed by atoms with Gasteiger partial charge in [0, 0.05) is 6.07 Å². The summed E-state index contributed by atoms with van der Waals surface area (Å²) in [5, 5.41) is 8.92. The Labute approximate surface area is 119 Å². The van der Waals surface area contributed by atoms with Crippen molar-refractivity contribution in [1.82, 2.24) is 0 Å². The Bertz CT molecular complexity index is 663. The molecule has 0 aromatic heterocycles. The van der Waals surface area contributed by atoms with Gasteiger partial charge in [-0.05, 0) is 35.2 Å². The fourth-order valence-corrected chi connectivity index (χ4v) is 1.85. The highest BCUT2D eigenvalue weighted by Gasteiger charge is 2.14. The van der Waals surface area contributed by atoms with E-state index < -0.39 is 0 Å². The van der Waals surface area contributed by atoms with Crippen LogP contribution in [0.5, 0.6) is 11.5 Å². The minimum absolute atomic E-state index is 0.0550.